The van der Waals surface area contributed by atoms with Crippen molar-refractivity contribution in [1.82, 2.24) is 15.1 Å². The second kappa shape index (κ2) is 8.33. The minimum atomic E-state index is -0.802. The smallest absolute Gasteiger partial charge is 0.303 e. The largest absolute Gasteiger partial charge is 0.481 e. The monoisotopic (exact) mass is 373 g/mol. The number of nitrogens with zero attached hydrogens (tertiary/aromatic N) is 2. The van der Waals surface area contributed by atoms with E-state index in [1.807, 2.05) is 13.0 Å². The third-order valence-electron chi connectivity index (χ3n) is 4.83. The molecule has 7 heteroatoms. The van der Waals surface area contributed by atoms with Crippen molar-refractivity contribution in [2.24, 2.45) is 0 Å². The average molecular weight is 373 g/mol. The van der Waals surface area contributed by atoms with Crippen molar-refractivity contribution in [3.05, 3.63) is 46.5 Å². The molecule has 0 aliphatic heterocycles. The van der Waals surface area contributed by atoms with E-state index in [-0.39, 0.29) is 18.1 Å². The molecular weight excluding hydrogens is 349 g/mol. The van der Waals surface area contributed by atoms with Crippen LogP contribution in [-0.4, -0.2) is 33.3 Å². The Hall–Kier alpha value is -2.70. The SMILES string of the molecule is Cc1ccc(-n2nc(C(=O)NCCCCCC(=O)O)c3c2CCC3)c(F)c1. The molecule has 3 rings (SSSR count). The molecule has 1 heterocycles. The average Bonchev–Trinajstić information content (AvgIpc) is 3.20. The second-order valence-electron chi connectivity index (χ2n) is 6.95. The molecule has 0 spiro atoms. The Labute approximate surface area is 157 Å². The van der Waals surface area contributed by atoms with Gasteiger partial charge in [0.25, 0.3) is 5.91 Å². The normalized spacial score (nSPS) is 12.8. The lowest BCUT2D eigenvalue weighted by atomic mass is 10.1. The van der Waals surface area contributed by atoms with Crippen LogP contribution in [0.5, 0.6) is 0 Å². The minimum absolute atomic E-state index is 0.147. The highest BCUT2D eigenvalue weighted by molar-refractivity contribution is 5.94. The summed E-state index contributed by atoms with van der Waals surface area (Å²) in [6.07, 6.45) is 4.68. The maximum absolute atomic E-state index is 14.4. The number of carbonyl (C=O) groups excluding carboxylic acids is 1. The first-order valence-electron chi connectivity index (χ1n) is 9.34. The number of carbonyl (C=O) groups is 2. The molecule has 1 aliphatic rings. The third-order valence-corrected chi connectivity index (χ3v) is 4.83. The van der Waals surface area contributed by atoms with Crippen LogP contribution in [0, 0.1) is 12.7 Å². The van der Waals surface area contributed by atoms with E-state index >= 15 is 0 Å². The summed E-state index contributed by atoms with van der Waals surface area (Å²) in [6.45, 7) is 2.30. The molecule has 6 nitrogen and oxygen atoms in total. The zero-order chi connectivity index (χ0) is 19.4. The molecule has 0 unspecified atom stereocenters. The predicted molar refractivity (Wildman–Crippen MR) is 98.7 cm³/mol. The lowest BCUT2D eigenvalue weighted by Gasteiger charge is -2.07. The summed E-state index contributed by atoms with van der Waals surface area (Å²) in [4.78, 5) is 23.0. The molecule has 0 bridgehead atoms. The lowest BCUT2D eigenvalue weighted by Crippen LogP contribution is -2.26. The van der Waals surface area contributed by atoms with Crippen LogP contribution in [0.2, 0.25) is 0 Å². The predicted octanol–water partition coefficient (Wildman–Crippen LogP) is 3.18. The molecule has 2 aromatic rings. The van der Waals surface area contributed by atoms with Crippen molar-refractivity contribution in [3.8, 4) is 5.69 Å². The summed E-state index contributed by atoms with van der Waals surface area (Å²) < 4.78 is 16.0. The molecule has 1 aromatic heterocycles. The molecule has 27 heavy (non-hydrogen) atoms. The number of aryl methyl sites for hydroxylation is 1. The number of carboxylic acid groups (broad SMARTS) is 1. The summed E-state index contributed by atoms with van der Waals surface area (Å²) in [6, 6.07) is 4.99. The van der Waals surface area contributed by atoms with E-state index in [9.17, 15) is 14.0 Å². The van der Waals surface area contributed by atoms with E-state index < -0.39 is 5.97 Å². The van der Waals surface area contributed by atoms with Crippen molar-refractivity contribution in [3.63, 3.8) is 0 Å². The van der Waals surface area contributed by atoms with Gasteiger partial charge >= 0.3 is 5.97 Å². The molecule has 0 fully saturated rings. The quantitative estimate of drug-likeness (QED) is 0.696. The van der Waals surface area contributed by atoms with Crippen molar-refractivity contribution >= 4 is 11.9 Å². The van der Waals surface area contributed by atoms with Gasteiger partial charge in [0, 0.05) is 24.2 Å². The molecule has 1 amide bonds. The number of aliphatic carboxylic acids is 1. The summed E-state index contributed by atoms with van der Waals surface area (Å²) in [5.74, 6) is -1.40. The summed E-state index contributed by atoms with van der Waals surface area (Å²) in [7, 11) is 0. The summed E-state index contributed by atoms with van der Waals surface area (Å²) >= 11 is 0. The van der Waals surface area contributed by atoms with Crippen molar-refractivity contribution in [2.45, 2.75) is 51.9 Å². The molecule has 0 atom stereocenters. The number of rotatable bonds is 8. The van der Waals surface area contributed by atoms with Gasteiger partial charge in [-0.05, 0) is 56.7 Å². The fourth-order valence-corrected chi connectivity index (χ4v) is 3.47. The van der Waals surface area contributed by atoms with Gasteiger partial charge in [0.1, 0.15) is 11.5 Å². The van der Waals surface area contributed by atoms with Crippen LogP contribution < -0.4 is 5.32 Å². The van der Waals surface area contributed by atoms with E-state index in [0.717, 1.165) is 42.5 Å². The molecule has 0 saturated carbocycles. The van der Waals surface area contributed by atoms with Crippen LogP contribution in [0.25, 0.3) is 5.69 Å². The van der Waals surface area contributed by atoms with Crippen LogP contribution in [0.3, 0.4) is 0 Å². The molecule has 144 valence electrons. The van der Waals surface area contributed by atoms with Crippen LogP contribution in [0.1, 0.15) is 59.4 Å². The minimum Gasteiger partial charge on any atom is -0.481 e. The van der Waals surface area contributed by atoms with Crippen LogP contribution in [0.4, 0.5) is 4.39 Å². The number of halogens is 1. The second-order valence-corrected chi connectivity index (χ2v) is 6.95. The fraction of sp³-hybridized carbons (Fsp3) is 0.450. The van der Waals surface area contributed by atoms with Gasteiger partial charge in [-0.1, -0.05) is 12.5 Å². The zero-order valence-electron chi connectivity index (χ0n) is 15.4. The van der Waals surface area contributed by atoms with Crippen LogP contribution in [0.15, 0.2) is 18.2 Å². The van der Waals surface area contributed by atoms with Crippen molar-refractivity contribution in [1.29, 1.82) is 0 Å². The first kappa shape index (κ1) is 19.1. The number of hydrogen-bond donors (Lipinski definition) is 2. The number of amides is 1. The molecule has 1 aliphatic carbocycles. The van der Waals surface area contributed by atoms with Crippen molar-refractivity contribution in [2.75, 3.05) is 6.54 Å². The number of carboxylic acids is 1. The Morgan fingerprint density at radius 1 is 1.26 bits per heavy atom. The fourth-order valence-electron chi connectivity index (χ4n) is 3.47. The van der Waals surface area contributed by atoms with Gasteiger partial charge < -0.3 is 10.4 Å². The lowest BCUT2D eigenvalue weighted by molar-refractivity contribution is -0.137. The maximum atomic E-state index is 14.4. The van der Waals surface area contributed by atoms with E-state index in [2.05, 4.69) is 10.4 Å². The Balaban J connectivity index is 1.70. The number of benzene rings is 1. The van der Waals surface area contributed by atoms with Crippen LogP contribution >= 0.6 is 0 Å². The van der Waals surface area contributed by atoms with Crippen LogP contribution in [-0.2, 0) is 17.6 Å². The highest BCUT2D eigenvalue weighted by atomic mass is 19.1. The number of hydrogen-bond acceptors (Lipinski definition) is 3. The molecule has 2 N–H and O–H groups in total. The highest BCUT2D eigenvalue weighted by Gasteiger charge is 2.27. The van der Waals surface area contributed by atoms with Gasteiger partial charge in [0.15, 0.2) is 5.69 Å². The molecule has 0 saturated heterocycles. The van der Waals surface area contributed by atoms with Gasteiger partial charge in [-0.25, -0.2) is 9.07 Å². The topological polar surface area (TPSA) is 84.2 Å². The van der Waals surface area contributed by atoms with Gasteiger partial charge in [0.05, 0.1) is 0 Å². The standard InChI is InChI=1S/C20H24FN3O3/c1-13-9-10-17(15(21)12-13)24-16-7-5-6-14(16)19(23-24)20(27)22-11-4-2-3-8-18(25)26/h9-10,12H,2-8,11H2,1H3,(H,22,27)(H,25,26). The third kappa shape index (κ3) is 4.35. The Bertz CT molecular complexity index is 860. The van der Waals surface area contributed by atoms with E-state index in [0.29, 0.717) is 30.8 Å². The zero-order valence-corrected chi connectivity index (χ0v) is 15.4. The van der Waals surface area contributed by atoms with Crippen molar-refractivity contribution < 1.29 is 19.1 Å². The maximum Gasteiger partial charge on any atom is 0.303 e. The van der Waals surface area contributed by atoms with E-state index in [4.69, 9.17) is 5.11 Å². The Morgan fingerprint density at radius 3 is 2.81 bits per heavy atom. The van der Waals surface area contributed by atoms with E-state index in [1.165, 1.54) is 6.07 Å². The number of nitrogens with one attached hydrogen (secondary N) is 1. The van der Waals surface area contributed by atoms with Gasteiger partial charge in [0.2, 0.25) is 0 Å². The molecule has 0 radical (unpaired) electrons. The highest BCUT2D eigenvalue weighted by Crippen LogP contribution is 2.29. The molecular formula is C20H24FN3O3. The Morgan fingerprint density at radius 2 is 2.07 bits per heavy atom. The Kier molecular flexibility index (Phi) is 5.88. The molecule has 1 aromatic carbocycles. The van der Waals surface area contributed by atoms with Gasteiger partial charge in [-0.3, -0.25) is 9.59 Å². The first-order chi connectivity index (χ1) is 13.0. The van der Waals surface area contributed by atoms with Gasteiger partial charge in [-0.15, -0.1) is 0 Å². The number of unbranched alkanes of at least 4 members (excludes halogenated alkanes) is 2. The van der Waals surface area contributed by atoms with E-state index in [1.54, 1.807) is 10.7 Å². The summed E-state index contributed by atoms with van der Waals surface area (Å²) in [5.41, 5.74) is 3.38. The van der Waals surface area contributed by atoms with Gasteiger partial charge in [-0.2, -0.15) is 5.10 Å². The number of aromatic nitrogens is 2. The first-order valence-corrected chi connectivity index (χ1v) is 9.34. The summed E-state index contributed by atoms with van der Waals surface area (Å²) in [5, 5.41) is 15.9. The number of fused-ring (bicyclic) bond motifs is 1.